The highest BCUT2D eigenvalue weighted by molar-refractivity contribution is 5.49. The first-order chi connectivity index (χ1) is 6.77. The summed E-state index contributed by atoms with van der Waals surface area (Å²) >= 11 is 0. The zero-order valence-electron chi connectivity index (χ0n) is 8.13. The maximum Gasteiger partial charge on any atom is 0.165 e. The standard InChI is InChI=1S/C11H13FO2/c1-14-11-6-5-9(8-10(11)12)4-2-3-7-13/h5-8H,2-4H2,1H3. The Balaban J connectivity index is 2.61. The molecule has 1 rings (SSSR count). The molecule has 3 heteroatoms. The number of unbranched alkanes of at least 4 members (excludes halogenated alkanes) is 1. The van der Waals surface area contributed by atoms with E-state index < -0.39 is 0 Å². The number of rotatable bonds is 5. The van der Waals surface area contributed by atoms with Crippen LogP contribution in [-0.2, 0) is 11.2 Å². The third-order valence-corrected chi connectivity index (χ3v) is 2.00. The summed E-state index contributed by atoms with van der Waals surface area (Å²) in [5.41, 5.74) is 0.894. The van der Waals surface area contributed by atoms with Crippen molar-refractivity contribution in [3.8, 4) is 5.75 Å². The van der Waals surface area contributed by atoms with Crippen LogP contribution < -0.4 is 4.74 Å². The molecule has 76 valence electrons. The Kier molecular flexibility index (Phi) is 4.11. The van der Waals surface area contributed by atoms with Crippen LogP contribution in [0.1, 0.15) is 18.4 Å². The number of methoxy groups -OCH3 is 1. The van der Waals surface area contributed by atoms with Gasteiger partial charge in [0.1, 0.15) is 6.29 Å². The predicted octanol–water partition coefficient (Wildman–Crippen LogP) is 2.36. The highest BCUT2D eigenvalue weighted by atomic mass is 19.1. The van der Waals surface area contributed by atoms with E-state index in [1.807, 2.05) is 6.07 Å². The molecule has 2 nitrogen and oxygen atoms in total. The maximum atomic E-state index is 13.2. The Bertz CT molecular complexity index is 310. The van der Waals surface area contributed by atoms with Gasteiger partial charge in [-0.15, -0.1) is 0 Å². The van der Waals surface area contributed by atoms with E-state index in [0.717, 1.165) is 24.7 Å². The Morgan fingerprint density at radius 2 is 2.29 bits per heavy atom. The summed E-state index contributed by atoms with van der Waals surface area (Å²) in [5.74, 6) is -0.0970. The van der Waals surface area contributed by atoms with Gasteiger partial charge in [-0.05, 0) is 30.5 Å². The molecule has 0 aliphatic carbocycles. The van der Waals surface area contributed by atoms with Crippen LogP contribution in [0.3, 0.4) is 0 Å². The van der Waals surface area contributed by atoms with Gasteiger partial charge in [-0.25, -0.2) is 4.39 Å². The molecule has 0 spiro atoms. The smallest absolute Gasteiger partial charge is 0.165 e. The van der Waals surface area contributed by atoms with Gasteiger partial charge in [-0.3, -0.25) is 0 Å². The molecule has 0 atom stereocenters. The molecule has 0 aromatic heterocycles. The number of hydrogen-bond donors (Lipinski definition) is 0. The Labute approximate surface area is 82.7 Å². The normalized spacial score (nSPS) is 9.86. The number of hydrogen-bond acceptors (Lipinski definition) is 2. The predicted molar refractivity (Wildman–Crippen MR) is 52.0 cm³/mol. The highest BCUT2D eigenvalue weighted by Crippen LogP contribution is 2.18. The largest absolute Gasteiger partial charge is 0.494 e. The second-order valence-corrected chi connectivity index (χ2v) is 3.03. The summed E-state index contributed by atoms with van der Waals surface area (Å²) in [6, 6.07) is 4.86. The lowest BCUT2D eigenvalue weighted by Gasteiger charge is -2.03. The van der Waals surface area contributed by atoms with Gasteiger partial charge in [-0.1, -0.05) is 6.07 Å². The number of halogens is 1. The molecule has 1 aromatic carbocycles. The van der Waals surface area contributed by atoms with Crippen molar-refractivity contribution >= 4 is 6.29 Å². The van der Waals surface area contributed by atoms with Crippen LogP contribution >= 0.6 is 0 Å². The number of benzene rings is 1. The first kappa shape index (κ1) is 10.7. The minimum atomic E-state index is -0.351. The molecule has 0 aliphatic heterocycles. The van der Waals surface area contributed by atoms with Gasteiger partial charge in [0.05, 0.1) is 7.11 Å². The molecule has 1 aromatic rings. The molecule has 0 saturated carbocycles. The average molecular weight is 196 g/mol. The summed E-state index contributed by atoms with van der Waals surface area (Å²) in [6.45, 7) is 0. The van der Waals surface area contributed by atoms with Crippen LogP contribution in [0.5, 0.6) is 5.75 Å². The molecule has 0 bridgehead atoms. The van der Waals surface area contributed by atoms with Crippen molar-refractivity contribution in [2.24, 2.45) is 0 Å². The van der Waals surface area contributed by atoms with Gasteiger partial charge in [-0.2, -0.15) is 0 Å². The van der Waals surface area contributed by atoms with Crippen LogP contribution in [-0.4, -0.2) is 13.4 Å². The van der Waals surface area contributed by atoms with Crippen LogP contribution in [0.25, 0.3) is 0 Å². The first-order valence-electron chi connectivity index (χ1n) is 4.54. The van der Waals surface area contributed by atoms with Crippen molar-refractivity contribution in [2.75, 3.05) is 7.11 Å². The van der Waals surface area contributed by atoms with Gasteiger partial charge in [0.15, 0.2) is 11.6 Å². The second kappa shape index (κ2) is 5.37. The Morgan fingerprint density at radius 3 is 2.86 bits per heavy atom. The van der Waals surface area contributed by atoms with Gasteiger partial charge in [0, 0.05) is 6.42 Å². The second-order valence-electron chi connectivity index (χ2n) is 3.03. The van der Waals surface area contributed by atoms with Crippen LogP contribution in [0.4, 0.5) is 4.39 Å². The Hall–Kier alpha value is -1.38. The van der Waals surface area contributed by atoms with Crippen molar-refractivity contribution in [1.82, 2.24) is 0 Å². The SMILES string of the molecule is COc1ccc(CCCC=O)cc1F. The number of carbonyl (C=O) groups is 1. The van der Waals surface area contributed by atoms with E-state index in [2.05, 4.69) is 0 Å². The number of aryl methyl sites for hydroxylation is 1. The zero-order valence-corrected chi connectivity index (χ0v) is 8.13. The van der Waals surface area contributed by atoms with E-state index in [1.54, 1.807) is 6.07 Å². The van der Waals surface area contributed by atoms with E-state index in [-0.39, 0.29) is 11.6 Å². The fourth-order valence-corrected chi connectivity index (χ4v) is 1.25. The number of aldehydes is 1. The van der Waals surface area contributed by atoms with Crippen molar-refractivity contribution in [3.63, 3.8) is 0 Å². The van der Waals surface area contributed by atoms with Gasteiger partial charge >= 0.3 is 0 Å². The van der Waals surface area contributed by atoms with Crippen molar-refractivity contribution in [1.29, 1.82) is 0 Å². The van der Waals surface area contributed by atoms with Crippen molar-refractivity contribution in [2.45, 2.75) is 19.3 Å². The van der Waals surface area contributed by atoms with E-state index in [0.29, 0.717) is 6.42 Å². The third-order valence-electron chi connectivity index (χ3n) is 2.00. The molecule has 0 radical (unpaired) electrons. The lowest BCUT2D eigenvalue weighted by molar-refractivity contribution is -0.107. The van der Waals surface area contributed by atoms with E-state index >= 15 is 0 Å². The van der Waals surface area contributed by atoms with Crippen molar-refractivity contribution < 1.29 is 13.9 Å². The molecule has 0 fully saturated rings. The van der Waals surface area contributed by atoms with Gasteiger partial charge in [0.25, 0.3) is 0 Å². The molecule has 0 N–H and O–H groups in total. The van der Waals surface area contributed by atoms with Crippen LogP contribution in [0, 0.1) is 5.82 Å². The van der Waals surface area contributed by atoms with Gasteiger partial charge in [0.2, 0.25) is 0 Å². The third kappa shape index (κ3) is 2.83. The Morgan fingerprint density at radius 1 is 1.50 bits per heavy atom. The molecule has 0 unspecified atom stereocenters. The molecular weight excluding hydrogens is 183 g/mol. The summed E-state index contributed by atoms with van der Waals surface area (Å²) in [4.78, 5) is 10.1. The maximum absolute atomic E-state index is 13.2. The lowest BCUT2D eigenvalue weighted by atomic mass is 10.1. The summed E-state index contributed by atoms with van der Waals surface area (Å²) in [5, 5.41) is 0. The monoisotopic (exact) mass is 196 g/mol. The first-order valence-corrected chi connectivity index (χ1v) is 4.54. The topological polar surface area (TPSA) is 26.3 Å². The number of ether oxygens (including phenoxy) is 1. The zero-order chi connectivity index (χ0) is 10.4. The molecule has 0 aliphatic rings. The fraction of sp³-hybridized carbons (Fsp3) is 0.364. The average Bonchev–Trinajstić information content (AvgIpc) is 2.18. The minimum absolute atomic E-state index is 0.254. The van der Waals surface area contributed by atoms with E-state index in [9.17, 15) is 9.18 Å². The van der Waals surface area contributed by atoms with Crippen molar-refractivity contribution in [3.05, 3.63) is 29.6 Å². The fourth-order valence-electron chi connectivity index (χ4n) is 1.25. The summed E-state index contributed by atoms with van der Waals surface area (Å²) in [7, 11) is 1.43. The summed E-state index contributed by atoms with van der Waals surface area (Å²) in [6.07, 6.45) is 2.88. The molecule has 0 heterocycles. The van der Waals surface area contributed by atoms with E-state index in [4.69, 9.17) is 4.74 Å². The van der Waals surface area contributed by atoms with Crippen LogP contribution in [0.15, 0.2) is 18.2 Å². The molecule has 0 saturated heterocycles. The highest BCUT2D eigenvalue weighted by Gasteiger charge is 2.02. The van der Waals surface area contributed by atoms with E-state index in [1.165, 1.54) is 13.2 Å². The number of carbonyl (C=O) groups excluding carboxylic acids is 1. The minimum Gasteiger partial charge on any atom is -0.494 e. The molecule has 0 amide bonds. The summed E-state index contributed by atoms with van der Waals surface area (Å²) < 4.78 is 18.0. The quantitative estimate of drug-likeness (QED) is 0.533. The molecular formula is C11H13FO2. The van der Waals surface area contributed by atoms with Gasteiger partial charge < -0.3 is 9.53 Å². The van der Waals surface area contributed by atoms with Crippen LogP contribution in [0.2, 0.25) is 0 Å². The lowest BCUT2D eigenvalue weighted by Crippen LogP contribution is -1.91. The molecule has 14 heavy (non-hydrogen) atoms.